The maximum Gasteiger partial charge on any atom is 0.183 e. The summed E-state index contributed by atoms with van der Waals surface area (Å²) in [5, 5.41) is 1.86. The van der Waals surface area contributed by atoms with E-state index in [1.54, 1.807) is 4.57 Å². The molecule has 0 spiro atoms. The van der Waals surface area contributed by atoms with Crippen LogP contribution in [0.1, 0.15) is 16.7 Å². The van der Waals surface area contributed by atoms with Gasteiger partial charge in [-0.2, -0.15) is 0 Å². The third-order valence-electron chi connectivity index (χ3n) is 4.69. The third kappa shape index (κ3) is 2.24. The molecule has 0 aliphatic rings. The van der Waals surface area contributed by atoms with Gasteiger partial charge in [0, 0.05) is 22.4 Å². The van der Waals surface area contributed by atoms with E-state index >= 15 is 0 Å². The summed E-state index contributed by atoms with van der Waals surface area (Å²) in [6, 6.07) is 12.6. The van der Waals surface area contributed by atoms with Crippen molar-refractivity contribution in [3.8, 4) is 5.69 Å². The van der Waals surface area contributed by atoms with Gasteiger partial charge in [0.05, 0.1) is 16.7 Å². The van der Waals surface area contributed by atoms with E-state index in [-0.39, 0.29) is 11.3 Å². The van der Waals surface area contributed by atoms with E-state index in [0.717, 1.165) is 28.0 Å². The fourth-order valence-corrected chi connectivity index (χ4v) is 3.35. The van der Waals surface area contributed by atoms with E-state index in [2.05, 4.69) is 0 Å². The molecule has 0 aliphatic heterocycles. The Balaban J connectivity index is 2.22. The van der Waals surface area contributed by atoms with Crippen molar-refractivity contribution in [1.29, 1.82) is 0 Å². The monoisotopic (exact) mass is 339 g/mol. The molecule has 1 aromatic heterocycles. The topological polar surface area (TPSA) is 4.93 Å². The van der Waals surface area contributed by atoms with Gasteiger partial charge in [0.2, 0.25) is 0 Å². The Morgan fingerprint density at radius 2 is 1.20 bits per heavy atom. The standard InChI is InChI=1S/C21H16F3N/c1-11-4-6-17-14(8-11)15-9-12(2)5-7-18(15)25(17)19-10-16(22)13(3)20(23)21(19)24/h4-10H,1-3H3. The maximum atomic E-state index is 14.7. The van der Waals surface area contributed by atoms with E-state index in [1.807, 2.05) is 50.2 Å². The van der Waals surface area contributed by atoms with Crippen molar-refractivity contribution in [3.05, 3.63) is 76.6 Å². The Hall–Kier alpha value is -2.75. The summed E-state index contributed by atoms with van der Waals surface area (Å²) in [7, 11) is 0. The summed E-state index contributed by atoms with van der Waals surface area (Å²) in [5.74, 6) is -2.95. The molecular formula is C21H16F3N. The molecule has 1 nitrogen and oxygen atoms in total. The van der Waals surface area contributed by atoms with E-state index < -0.39 is 17.5 Å². The van der Waals surface area contributed by atoms with Crippen LogP contribution in [0.5, 0.6) is 0 Å². The molecule has 4 aromatic rings. The SMILES string of the molecule is Cc1ccc2c(c1)c1cc(C)ccc1n2-c1cc(F)c(C)c(F)c1F. The van der Waals surface area contributed by atoms with Gasteiger partial charge in [-0.3, -0.25) is 0 Å². The van der Waals surface area contributed by atoms with Gasteiger partial charge in [-0.1, -0.05) is 23.3 Å². The first-order valence-corrected chi connectivity index (χ1v) is 8.04. The summed E-state index contributed by atoms with van der Waals surface area (Å²) >= 11 is 0. The molecule has 0 N–H and O–H groups in total. The molecule has 0 amide bonds. The number of fused-ring (bicyclic) bond motifs is 3. The van der Waals surface area contributed by atoms with Crippen LogP contribution in [0.4, 0.5) is 13.2 Å². The lowest BCUT2D eigenvalue weighted by Gasteiger charge is -2.12. The second-order valence-electron chi connectivity index (χ2n) is 6.51. The molecule has 4 rings (SSSR count). The Morgan fingerprint density at radius 1 is 0.680 bits per heavy atom. The summed E-state index contributed by atoms with van der Waals surface area (Å²) in [6.45, 7) is 5.19. The van der Waals surface area contributed by atoms with Crippen LogP contribution in [0.3, 0.4) is 0 Å². The molecule has 0 atom stereocenters. The first kappa shape index (κ1) is 15.8. The zero-order valence-electron chi connectivity index (χ0n) is 14.1. The number of hydrogen-bond donors (Lipinski definition) is 0. The number of nitrogens with zero attached hydrogens (tertiary/aromatic N) is 1. The van der Waals surface area contributed by atoms with E-state index in [1.165, 1.54) is 6.92 Å². The van der Waals surface area contributed by atoms with Gasteiger partial charge in [-0.25, -0.2) is 13.2 Å². The van der Waals surface area contributed by atoms with Crippen LogP contribution < -0.4 is 0 Å². The van der Waals surface area contributed by atoms with Gasteiger partial charge in [0.25, 0.3) is 0 Å². The van der Waals surface area contributed by atoms with Crippen LogP contribution in [-0.4, -0.2) is 4.57 Å². The van der Waals surface area contributed by atoms with Crippen molar-refractivity contribution in [3.63, 3.8) is 0 Å². The van der Waals surface area contributed by atoms with Crippen molar-refractivity contribution in [2.45, 2.75) is 20.8 Å². The zero-order chi connectivity index (χ0) is 17.9. The van der Waals surface area contributed by atoms with Gasteiger partial charge < -0.3 is 4.57 Å². The largest absolute Gasteiger partial charge is 0.306 e. The van der Waals surface area contributed by atoms with E-state index in [9.17, 15) is 13.2 Å². The van der Waals surface area contributed by atoms with Crippen LogP contribution in [0, 0.1) is 38.2 Å². The highest BCUT2D eigenvalue weighted by Crippen LogP contribution is 2.35. The van der Waals surface area contributed by atoms with Crippen LogP contribution in [0.2, 0.25) is 0 Å². The quantitative estimate of drug-likeness (QED) is 0.368. The minimum Gasteiger partial charge on any atom is -0.306 e. The lowest BCUT2D eigenvalue weighted by Crippen LogP contribution is -2.04. The lowest BCUT2D eigenvalue weighted by atomic mass is 10.1. The fourth-order valence-electron chi connectivity index (χ4n) is 3.35. The average Bonchev–Trinajstić information content (AvgIpc) is 2.89. The summed E-state index contributed by atoms with van der Waals surface area (Å²) in [6.07, 6.45) is 0. The molecule has 1 heterocycles. The molecule has 0 unspecified atom stereocenters. The smallest absolute Gasteiger partial charge is 0.183 e. The average molecular weight is 339 g/mol. The Kier molecular flexibility index (Phi) is 3.39. The maximum absolute atomic E-state index is 14.7. The van der Waals surface area contributed by atoms with Gasteiger partial charge in [0.15, 0.2) is 11.6 Å². The normalized spacial score (nSPS) is 11.6. The van der Waals surface area contributed by atoms with Gasteiger partial charge in [-0.15, -0.1) is 0 Å². The van der Waals surface area contributed by atoms with Crippen LogP contribution in [0.15, 0.2) is 42.5 Å². The molecule has 0 bridgehead atoms. The number of rotatable bonds is 1. The lowest BCUT2D eigenvalue weighted by molar-refractivity contribution is 0.483. The van der Waals surface area contributed by atoms with Gasteiger partial charge in [0.1, 0.15) is 5.82 Å². The minimum absolute atomic E-state index is 0.117. The molecule has 0 aliphatic carbocycles. The Labute approximate surface area is 143 Å². The van der Waals surface area contributed by atoms with Crippen molar-refractivity contribution in [1.82, 2.24) is 4.57 Å². The molecule has 4 heteroatoms. The molecule has 0 saturated heterocycles. The van der Waals surface area contributed by atoms with Crippen LogP contribution in [0.25, 0.3) is 27.5 Å². The summed E-state index contributed by atoms with van der Waals surface area (Å²) < 4.78 is 44.5. The molecule has 25 heavy (non-hydrogen) atoms. The summed E-state index contributed by atoms with van der Waals surface area (Å²) in [5.41, 5.74) is 3.13. The fraction of sp³-hybridized carbons (Fsp3) is 0.143. The van der Waals surface area contributed by atoms with Crippen molar-refractivity contribution in [2.75, 3.05) is 0 Å². The van der Waals surface area contributed by atoms with Crippen LogP contribution in [-0.2, 0) is 0 Å². The molecule has 0 saturated carbocycles. The number of halogens is 3. The highest BCUT2D eigenvalue weighted by molar-refractivity contribution is 6.09. The zero-order valence-corrected chi connectivity index (χ0v) is 14.1. The highest BCUT2D eigenvalue weighted by Gasteiger charge is 2.21. The first-order chi connectivity index (χ1) is 11.9. The van der Waals surface area contributed by atoms with Crippen LogP contribution >= 0.6 is 0 Å². The van der Waals surface area contributed by atoms with E-state index in [0.29, 0.717) is 11.0 Å². The minimum atomic E-state index is -1.15. The van der Waals surface area contributed by atoms with Crippen molar-refractivity contribution < 1.29 is 13.2 Å². The number of hydrogen-bond acceptors (Lipinski definition) is 0. The molecule has 3 aromatic carbocycles. The van der Waals surface area contributed by atoms with Gasteiger partial charge >= 0.3 is 0 Å². The Bertz CT molecular complexity index is 1100. The third-order valence-corrected chi connectivity index (χ3v) is 4.69. The Morgan fingerprint density at radius 3 is 1.72 bits per heavy atom. The van der Waals surface area contributed by atoms with Gasteiger partial charge in [-0.05, 0) is 45.0 Å². The number of benzene rings is 3. The number of aryl methyl sites for hydroxylation is 2. The second-order valence-corrected chi connectivity index (χ2v) is 6.51. The predicted molar refractivity (Wildman–Crippen MR) is 94.9 cm³/mol. The highest BCUT2D eigenvalue weighted by atomic mass is 19.2. The van der Waals surface area contributed by atoms with Crippen molar-refractivity contribution in [2.24, 2.45) is 0 Å². The summed E-state index contributed by atoms with van der Waals surface area (Å²) in [4.78, 5) is 0. The van der Waals surface area contributed by atoms with Crippen molar-refractivity contribution >= 4 is 21.8 Å². The molecule has 0 radical (unpaired) electrons. The predicted octanol–water partition coefficient (Wildman–Crippen LogP) is 6.13. The molecular weight excluding hydrogens is 323 g/mol. The second kappa shape index (κ2) is 5.38. The molecule has 126 valence electrons. The molecule has 0 fully saturated rings. The van der Waals surface area contributed by atoms with E-state index in [4.69, 9.17) is 0 Å². The number of aromatic nitrogens is 1. The first-order valence-electron chi connectivity index (χ1n) is 8.04.